The van der Waals surface area contributed by atoms with Gasteiger partial charge in [0, 0.05) is 36.3 Å². The van der Waals surface area contributed by atoms with E-state index in [1.807, 2.05) is 24.3 Å². The Labute approximate surface area is 259 Å². The van der Waals surface area contributed by atoms with Crippen LogP contribution in [0, 0.1) is 11.7 Å². The van der Waals surface area contributed by atoms with Crippen LogP contribution in [-0.4, -0.2) is 53.0 Å². The number of piperidine rings is 1. The summed E-state index contributed by atoms with van der Waals surface area (Å²) < 4.78 is 13.7. The van der Waals surface area contributed by atoms with Gasteiger partial charge in [-0.2, -0.15) is 0 Å². The number of benzene rings is 3. The molecule has 5 N–H and O–H groups in total. The highest BCUT2D eigenvalue weighted by Crippen LogP contribution is 2.19. The molecule has 0 aliphatic carbocycles. The van der Waals surface area contributed by atoms with Crippen molar-refractivity contribution in [1.82, 2.24) is 26.3 Å². The van der Waals surface area contributed by atoms with Crippen molar-refractivity contribution in [3.05, 3.63) is 108 Å². The summed E-state index contributed by atoms with van der Waals surface area (Å²) in [6, 6.07) is 21.2. The molecular formula is C34H34FN5O5. The third-order valence-corrected chi connectivity index (χ3v) is 7.81. The first kappa shape index (κ1) is 31.1. The summed E-state index contributed by atoms with van der Waals surface area (Å²) in [5.74, 6) is -4.38. The molecule has 2 heterocycles. The minimum Gasteiger partial charge on any atom is -0.356 e. The number of aromatic amines is 1. The maximum Gasteiger partial charge on any atom is 0.289 e. The van der Waals surface area contributed by atoms with Crippen molar-refractivity contribution in [2.75, 3.05) is 6.54 Å². The molecule has 11 heteroatoms. The van der Waals surface area contributed by atoms with Crippen molar-refractivity contribution < 1.29 is 28.4 Å². The molecule has 0 spiro atoms. The number of nitrogens with one attached hydrogen (secondary N) is 5. The Balaban J connectivity index is 1.36. The van der Waals surface area contributed by atoms with Crippen LogP contribution in [0.25, 0.3) is 10.9 Å². The van der Waals surface area contributed by atoms with Gasteiger partial charge in [-0.15, -0.1) is 0 Å². The van der Waals surface area contributed by atoms with Crippen molar-refractivity contribution in [2.24, 2.45) is 5.92 Å². The molecule has 3 aromatic carbocycles. The molecule has 232 valence electrons. The Kier molecular flexibility index (Phi) is 9.98. The van der Waals surface area contributed by atoms with E-state index in [9.17, 15) is 28.4 Å². The van der Waals surface area contributed by atoms with E-state index in [1.165, 1.54) is 18.2 Å². The fraction of sp³-hybridized carbons (Fsp3) is 0.265. The maximum atomic E-state index is 13.8. The zero-order valence-electron chi connectivity index (χ0n) is 24.5. The lowest BCUT2D eigenvalue weighted by Crippen LogP contribution is -2.55. The molecule has 3 atom stereocenters. The standard InChI is InChI=1S/C34H34FN5O5/c35-25-14-13-23-17-29(38-26(23)19-25)33(44)40-28(16-21-8-3-1-4-9-21)32(43)39-27(18-24-12-7-15-36-31(24)42)30(41)34(45)37-20-22-10-5-2-6-11-22/h1-6,8-11,13-14,17,19,24,27-28,38H,7,12,15-16,18,20H2,(H,36,42)(H,37,45)(H,39,43)(H,40,44)/t24-,27?,28-/m0/s1. The predicted octanol–water partition coefficient (Wildman–Crippen LogP) is 2.93. The number of ketones is 1. The first-order chi connectivity index (χ1) is 21.8. The summed E-state index contributed by atoms with van der Waals surface area (Å²) in [6.45, 7) is 0.626. The van der Waals surface area contributed by atoms with Crippen LogP contribution in [0.5, 0.6) is 0 Å². The SMILES string of the molecule is O=C(NCc1ccccc1)C(=O)C(C[C@@H]1CCCNC1=O)NC(=O)[C@H](Cc1ccccc1)NC(=O)c1cc2ccc(F)cc2[nH]1. The highest BCUT2D eigenvalue weighted by atomic mass is 19.1. The number of H-pyrrole nitrogens is 1. The van der Waals surface area contributed by atoms with E-state index in [-0.39, 0.29) is 31.0 Å². The van der Waals surface area contributed by atoms with Gasteiger partial charge in [0.05, 0.1) is 6.04 Å². The molecule has 1 aromatic heterocycles. The fourth-order valence-electron chi connectivity index (χ4n) is 5.39. The summed E-state index contributed by atoms with van der Waals surface area (Å²) in [4.78, 5) is 69.0. The first-order valence-electron chi connectivity index (χ1n) is 14.8. The Morgan fingerprint density at radius 3 is 2.29 bits per heavy atom. The summed E-state index contributed by atoms with van der Waals surface area (Å²) in [5.41, 5.74) is 2.07. The van der Waals surface area contributed by atoms with Crippen molar-refractivity contribution in [1.29, 1.82) is 0 Å². The van der Waals surface area contributed by atoms with E-state index >= 15 is 0 Å². The van der Waals surface area contributed by atoms with Gasteiger partial charge in [-0.25, -0.2) is 4.39 Å². The monoisotopic (exact) mass is 611 g/mol. The number of halogens is 1. The average Bonchev–Trinajstić information content (AvgIpc) is 3.48. The van der Waals surface area contributed by atoms with Crippen LogP contribution in [-0.2, 0) is 32.1 Å². The average molecular weight is 612 g/mol. The molecule has 1 saturated heterocycles. The Bertz CT molecular complexity index is 1690. The number of amides is 4. The van der Waals surface area contributed by atoms with Gasteiger partial charge in [-0.1, -0.05) is 60.7 Å². The minimum atomic E-state index is -1.31. The number of carbonyl (C=O) groups excluding carboxylic acids is 5. The van der Waals surface area contributed by atoms with Gasteiger partial charge in [0.1, 0.15) is 17.6 Å². The molecule has 4 aromatic rings. The van der Waals surface area contributed by atoms with E-state index in [4.69, 9.17) is 0 Å². The number of fused-ring (bicyclic) bond motifs is 1. The number of aromatic nitrogens is 1. The molecule has 0 bridgehead atoms. The van der Waals surface area contributed by atoms with Crippen LogP contribution in [0.4, 0.5) is 4.39 Å². The van der Waals surface area contributed by atoms with Crippen LogP contribution < -0.4 is 21.3 Å². The topological polar surface area (TPSA) is 149 Å². The van der Waals surface area contributed by atoms with E-state index in [0.717, 1.165) is 11.1 Å². The van der Waals surface area contributed by atoms with Gasteiger partial charge in [0.25, 0.3) is 11.8 Å². The number of carbonyl (C=O) groups is 5. The third-order valence-electron chi connectivity index (χ3n) is 7.81. The summed E-state index contributed by atoms with van der Waals surface area (Å²) in [5, 5.41) is 11.4. The fourth-order valence-corrected chi connectivity index (χ4v) is 5.39. The Morgan fingerprint density at radius 1 is 0.867 bits per heavy atom. The maximum absolute atomic E-state index is 13.8. The molecule has 4 amide bonds. The largest absolute Gasteiger partial charge is 0.356 e. The first-order valence-corrected chi connectivity index (χ1v) is 14.8. The zero-order chi connectivity index (χ0) is 31.8. The molecule has 10 nitrogen and oxygen atoms in total. The molecule has 1 aliphatic heterocycles. The van der Waals surface area contributed by atoms with Gasteiger partial charge >= 0.3 is 0 Å². The quantitative estimate of drug-likeness (QED) is 0.156. The lowest BCUT2D eigenvalue weighted by molar-refractivity contribution is -0.141. The molecule has 0 saturated carbocycles. The molecule has 1 fully saturated rings. The molecule has 5 rings (SSSR count). The smallest absolute Gasteiger partial charge is 0.289 e. The number of hydrogen-bond donors (Lipinski definition) is 5. The van der Waals surface area contributed by atoms with Gasteiger partial charge in [-0.05, 0) is 54.7 Å². The number of Topliss-reactive ketones (excluding diaryl/α,β-unsaturated/α-hetero) is 1. The zero-order valence-corrected chi connectivity index (χ0v) is 24.5. The van der Waals surface area contributed by atoms with Gasteiger partial charge in [0.2, 0.25) is 17.6 Å². The highest BCUT2D eigenvalue weighted by molar-refractivity contribution is 6.38. The van der Waals surface area contributed by atoms with E-state index in [1.54, 1.807) is 42.5 Å². The van der Waals surface area contributed by atoms with Gasteiger partial charge in [0.15, 0.2) is 0 Å². The van der Waals surface area contributed by atoms with Crippen LogP contribution >= 0.6 is 0 Å². The third kappa shape index (κ3) is 8.20. The molecule has 1 aliphatic rings. The Morgan fingerprint density at radius 2 is 1.58 bits per heavy atom. The van der Waals surface area contributed by atoms with Crippen LogP contribution in [0.2, 0.25) is 0 Å². The van der Waals surface area contributed by atoms with Crippen LogP contribution in [0.15, 0.2) is 84.9 Å². The number of rotatable bonds is 12. The normalized spacial score (nSPS) is 15.8. The van der Waals surface area contributed by atoms with Gasteiger partial charge in [-0.3, -0.25) is 24.0 Å². The molecule has 0 radical (unpaired) electrons. The highest BCUT2D eigenvalue weighted by Gasteiger charge is 2.35. The molecule has 1 unspecified atom stereocenters. The molecule has 45 heavy (non-hydrogen) atoms. The second kappa shape index (κ2) is 14.4. The van der Waals surface area contributed by atoms with Crippen molar-refractivity contribution >= 4 is 40.3 Å². The van der Waals surface area contributed by atoms with Gasteiger partial charge < -0.3 is 26.3 Å². The second-order valence-electron chi connectivity index (χ2n) is 11.1. The van der Waals surface area contributed by atoms with Crippen LogP contribution in [0.1, 0.15) is 40.9 Å². The Hall–Kier alpha value is -5.32. The number of hydrogen-bond acceptors (Lipinski definition) is 5. The summed E-state index contributed by atoms with van der Waals surface area (Å²) in [6.07, 6.45) is 1.21. The van der Waals surface area contributed by atoms with E-state index in [2.05, 4.69) is 26.3 Å². The predicted molar refractivity (Wildman–Crippen MR) is 165 cm³/mol. The lowest BCUT2D eigenvalue weighted by Gasteiger charge is -2.27. The second-order valence-corrected chi connectivity index (χ2v) is 11.1. The summed E-state index contributed by atoms with van der Waals surface area (Å²) >= 11 is 0. The minimum absolute atomic E-state index is 0.0747. The van der Waals surface area contributed by atoms with Crippen molar-refractivity contribution in [3.63, 3.8) is 0 Å². The van der Waals surface area contributed by atoms with Crippen LogP contribution in [0.3, 0.4) is 0 Å². The van der Waals surface area contributed by atoms with Crippen molar-refractivity contribution in [3.8, 4) is 0 Å². The van der Waals surface area contributed by atoms with E-state index < -0.39 is 47.3 Å². The summed E-state index contributed by atoms with van der Waals surface area (Å²) in [7, 11) is 0. The van der Waals surface area contributed by atoms with Crippen molar-refractivity contribution in [2.45, 2.75) is 44.3 Å². The van der Waals surface area contributed by atoms with E-state index in [0.29, 0.717) is 30.3 Å². The lowest BCUT2D eigenvalue weighted by atomic mass is 9.89. The molecular weight excluding hydrogens is 577 g/mol.